The maximum absolute atomic E-state index is 5.77. The van der Waals surface area contributed by atoms with Crippen molar-refractivity contribution in [2.75, 3.05) is 0 Å². The highest BCUT2D eigenvalue weighted by molar-refractivity contribution is 6.14. The lowest BCUT2D eigenvalue weighted by molar-refractivity contribution is 0.930. The molecule has 3 rings (SSSR count). The van der Waals surface area contributed by atoms with Crippen molar-refractivity contribution in [1.29, 1.82) is 0 Å². The first kappa shape index (κ1) is 8.41. The number of fused-ring (bicyclic) bond motifs is 3. The Labute approximate surface area is 88.1 Å². The van der Waals surface area contributed by atoms with Crippen molar-refractivity contribution in [2.45, 2.75) is 12.3 Å². The Morgan fingerprint density at radius 2 is 2.07 bits per heavy atom. The average Bonchev–Trinajstić information content (AvgIpc) is 2.57. The summed E-state index contributed by atoms with van der Waals surface area (Å²) in [5.74, 6) is 0.923. The summed E-state index contributed by atoms with van der Waals surface area (Å²) in [5, 5.41) is 0. The molecule has 1 atom stereocenters. The van der Waals surface area contributed by atoms with E-state index in [2.05, 4.69) is 22.6 Å². The van der Waals surface area contributed by atoms with Crippen LogP contribution in [0, 0.1) is 0 Å². The van der Waals surface area contributed by atoms with Crippen LogP contribution in [-0.4, -0.2) is 11.5 Å². The smallest absolute Gasteiger partial charge is 0.101 e. The molecule has 0 unspecified atom stereocenters. The third kappa shape index (κ3) is 1.13. The van der Waals surface area contributed by atoms with Crippen LogP contribution in [0.1, 0.15) is 17.9 Å². The van der Waals surface area contributed by atoms with Gasteiger partial charge in [-0.05, 0) is 11.6 Å². The average molecular weight is 197 g/mol. The van der Waals surface area contributed by atoms with Gasteiger partial charge in [-0.3, -0.25) is 4.99 Å². The van der Waals surface area contributed by atoms with Gasteiger partial charge in [-0.1, -0.05) is 24.8 Å². The Hall–Kier alpha value is -1.90. The number of nitrogens with two attached hydrogens (primary N) is 1. The third-order valence-corrected chi connectivity index (χ3v) is 2.87. The van der Waals surface area contributed by atoms with Crippen molar-refractivity contribution in [1.82, 2.24) is 0 Å². The Balaban J connectivity index is 2.16. The highest BCUT2D eigenvalue weighted by Crippen LogP contribution is 2.40. The highest BCUT2D eigenvalue weighted by atomic mass is 14.9. The molecule has 3 heteroatoms. The molecule has 0 amide bonds. The first-order valence-electron chi connectivity index (χ1n) is 4.95. The van der Waals surface area contributed by atoms with E-state index in [-0.39, 0.29) is 5.92 Å². The van der Waals surface area contributed by atoms with E-state index < -0.39 is 0 Å². The van der Waals surface area contributed by atoms with Gasteiger partial charge < -0.3 is 5.73 Å². The monoisotopic (exact) mass is 197 g/mol. The highest BCUT2D eigenvalue weighted by Gasteiger charge is 2.32. The quantitative estimate of drug-likeness (QED) is 0.680. The summed E-state index contributed by atoms with van der Waals surface area (Å²) in [4.78, 5) is 8.72. The lowest BCUT2D eigenvalue weighted by Gasteiger charge is -2.19. The topological polar surface area (TPSA) is 50.7 Å². The van der Waals surface area contributed by atoms with E-state index in [4.69, 9.17) is 5.73 Å². The number of para-hydroxylation sites is 1. The van der Waals surface area contributed by atoms with E-state index >= 15 is 0 Å². The Bertz CT molecular complexity index is 511. The fourth-order valence-corrected chi connectivity index (χ4v) is 2.20. The van der Waals surface area contributed by atoms with Gasteiger partial charge in [0.1, 0.15) is 5.84 Å². The number of allylic oxidation sites excluding steroid dienone is 1. The van der Waals surface area contributed by atoms with E-state index in [1.165, 1.54) is 5.56 Å². The van der Waals surface area contributed by atoms with Gasteiger partial charge in [0.05, 0.1) is 17.1 Å². The zero-order chi connectivity index (χ0) is 10.4. The first-order chi connectivity index (χ1) is 7.25. The second-order valence-corrected chi connectivity index (χ2v) is 3.86. The van der Waals surface area contributed by atoms with Gasteiger partial charge in [-0.15, -0.1) is 0 Å². The molecule has 0 bridgehead atoms. The summed E-state index contributed by atoms with van der Waals surface area (Å²) >= 11 is 0. The molecule has 15 heavy (non-hydrogen) atoms. The van der Waals surface area contributed by atoms with Crippen LogP contribution in [0.15, 0.2) is 46.5 Å². The number of hydrogen-bond donors (Lipinski definition) is 1. The van der Waals surface area contributed by atoms with Crippen LogP contribution in [0.2, 0.25) is 0 Å². The van der Waals surface area contributed by atoms with Gasteiger partial charge in [0.25, 0.3) is 0 Å². The maximum Gasteiger partial charge on any atom is 0.101 e. The zero-order valence-electron chi connectivity index (χ0n) is 8.27. The number of rotatable bonds is 0. The van der Waals surface area contributed by atoms with Crippen LogP contribution in [-0.2, 0) is 0 Å². The Morgan fingerprint density at radius 1 is 1.27 bits per heavy atom. The molecule has 0 spiro atoms. The van der Waals surface area contributed by atoms with Crippen LogP contribution in [0.25, 0.3) is 0 Å². The minimum Gasteiger partial charge on any atom is -0.387 e. The van der Waals surface area contributed by atoms with Crippen molar-refractivity contribution in [2.24, 2.45) is 15.7 Å². The molecule has 0 fully saturated rings. The molecular formula is C12H11N3. The second kappa shape index (κ2) is 2.79. The summed E-state index contributed by atoms with van der Waals surface area (Å²) in [7, 11) is 0. The van der Waals surface area contributed by atoms with Crippen LogP contribution < -0.4 is 5.73 Å². The molecule has 2 N–H and O–H groups in total. The van der Waals surface area contributed by atoms with Crippen LogP contribution in [0.5, 0.6) is 0 Å². The summed E-state index contributed by atoms with van der Waals surface area (Å²) < 4.78 is 0. The lowest BCUT2D eigenvalue weighted by atomic mass is 9.89. The number of hydrogen-bond acceptors (Lipinski definition) is 3. The molecule has 2 aliphatic heterocycles. The molecule has 0 aliphatic carbocycles. The molecule has 2 heterocycles. The van der Waals surface area contributed by atoms with E-state index in [0.717, 1.165) is 17.8 Å². The summed E-state index contributed by atoms with van der Waals surface area (Å²) in [6, 6.07) is 8.14. The molecule has 3 nitrogen and oxygen atoms in total. The van der Waals surface area contributed by atoms with Gasteiger partial charge in [0, 0.05) is 12.3 Å². The van der Waals surface area contributed by atoms with Crippen LogP contribution in [0.4, 0.5) is 5.69 Å². The summed E-state index contributed by atoms with van der Waals surface area (Å²) in [6.07, 6.45) is 0.759. The van der Waals surface area contributed by atoms with Gasteiger partial charge in [0.15, 0.2) is 0 Å². The molecule has 2 aliphatic rings. The Kier molecular flexibility index (Phi) is 1.57. The predicted octanol–water partition coefficient (Wildman–Crippen LogP) is 2.13. The molecule has 0 radical (unpaired) electrons. The van der Waals surface area contributed by atoms with E-state index in [1.54, 1.807) is 0 Å². The van der Waals surface area contributed by atoms with Gasteiger partial charge in [0.2, 0.25) is 0 Å². The summed E-state index contributed by atoms with van der Waals surface area (Å²) in [5.41, 5.74) is 9.73. The molecule has 0 saturated carbocycles. The van der Waals surface area contributed by atoms with Crippen molar-refractivity contribution in [3.63, 3.8) is 0 Å². The fourth-order valence-electron chi connectivity index (χ4n) is 2.20. The lowest BCUT2D eigenvalue weighted by Crippen LogP contribution is -2.25. The molecule has 1 aromatic rings. The van der Waals surface area contributed by atoms with Crippen molar-refractivity contribution < 1.29 is 0 Å². The summed E-state index contributed by atoms with van der Waals surface area (Å²) in [6.45, 7) is 3.89. The molecule has 0 saturated heterocycles. The molecule has 74 valence electrons. The first-order valence-corrected chi connectivity index (χ1v) is 4.95. The standard InChI is InChI=1S/C12H11N3/c1-7-12-9(6-11(13)14-7)8-4-2-3-5-10(8)15-12/h2-5,9H,1,6H2,(H2,13,14)/t9-/m0/s1. The minimum atomic E-state index is 0.270. The van der Waals surface area contributed by atoms with Gasteiger partial charge in [-0.25, -0.2) is 4.99 Å². The largest absolute Gasteiger partial charge is 0.387 e. The van der Waals surface area contributed by atoms with Crippen molar-refractivity contribution >= 4 is 17.2 Å². The fraction of sp³-hybridized carbons (Fsp3) is 0.167. The SMILES string of the molecule is C=C1N=C(N)C[C@@H]2C1=Nc1ccccc12. The maximum atomic E-state index is 5.77. The van der Waals surface area contributed by atoms with Crippen LogP contribution in [0.3, 0.4) is 0 Å². The second-order valence-electron chi connectivity index (χ2n) is 3.86. The molecule has 0 aromatic heterocycles. The van der Waals surface area contributed by atoms with E-state index in [1.807, 2.05) is 18.2 Å². The van der Waals surface area contributed by atoms with Gasteiger partial charge >= 0.3 is 0 Å². The van der Waals surface area contributed by atoms with Crippen molar-refractivity contribution in [3.05, 3.63) is 42.1 Å². The van der Waals surface area contributed by atoms with E-state index in [9.17, 15) is 0 Å². The predicted molar refractivity (Wildman–Crippen MR) is 61.7 cm³/mol. The Morgan fingerprint density at radius 3 is 2.93 bits per heavy atom. The van der Waals surface area contributed by atoms with Crippen LogP contribution >= 0.6 is 0 Å². The number of nitrogens with zero attached hydrogens (tertiary/aromatic N) is 2. The number of benzene rings is 1. The third-order valence-electron chi connectivity index (χ3n) is 2.87. The molecular weight excluding hydrogens is 186 g/mol. The zero-order valence-corrected chi connectivity index (χ0v) is 8.27. The number of amidine groups is 1. The normalized spacial score (nSPS) is 22.9. The van der Waals surface area contributed by atoms with Gasteiger partial charge in [-0.2, -0.15) is 0 Å². The van der Waals surface area contributed by atoms with Crippen molar-refractivity contribution in [3.8, 4) is 0 Å². The minimum absolute atomic E-state index is 0.270. The van der Waals surface area contributed by atoms with E-state index in [0.29, 0.717) is 11.5 Å². The number of aliphatic imine (C=N–C) groups is 2. The molecule has 1 aromatic carbocycles.